The van der Waals surface area contributed by atoms with E-state index in [1.807, 2.05) is 0 Å². The third kappa shape index (κ3) is 4.10. The van der Waals surface area contributed by atoms with Crippen molar-refractivity contribution in [3.05, 3.63) is 34.7 Å². The lowest BCUT2D eigenvalue weighted by Gasteiger charge is -2.48. The molecule has 28 heavy (non-hydrogen) atoms. The Hall–Kier alpha value is -1.48. The van der Waals surface area contributed by atoms with Crippen molar-refractivity contribution in [1.29, 1.82) is 0 Å². The van der Waals surface area contributed by atoms with Gasteiger partial charge in [-0.05, 0) is 11.5 Å². The van der Waals surface area contributed by atoms with Crippen LogP contribution in [0.3, 0.4) is 0 Å². The molecule has 0 aliphatic heterocycles. The van der Waals surface area contributed by atoms with Crippen molar-refractivity contribution in [3.63, 3.8) is 0 Å². The van der Waals surface area contributed by atoms with Gasteiger partial charge in [-0.25, -0.2) is 4.39 Å². The molecule has 0 spiro atoms. The number of halogens is 10. The van der Waals surface area contributed by atoms with Crippen molar-refractivity contribution in [2.45, 2.75) is 60.1 Å². The lowest BCUT2D eigenvalue weighted by molar-refractivity contribution is -0.243. The molecule has 0 aromatic carbocycles. The third-order valence-corrected chi connectivity index (χ3v) is 4.50. The molecule has 0 amide bonds. The Morgan fingerprint density at radius 3 is 1.43 bits per heavy atom. The fourth-order valence-electron chi connectivity index (χ4n) is 3.11. The number of hydrogen-bond donors (Lipinski definition) is 0. The first-order valence-electron chi connectivity index (χ1n) is 8.04. The zero-order valence-electron chi connectivity index (χ0n) is 15.9. The summed E-state index contributed by atoms with van der Waals surface area (Å²) in [6, 6.07) is 0. The lowest BCUT2D eigenvalue weighted by atomic mass is 9.58. The Kier molecular flexibility index (Phi) is 5.72. The molecule has 1 rings (SSSR count). The molecular weight excluding hydrogens is 406 g/mol. The first-order chi connectivity index (χ1) is 12.0. The van der Waals surface area contributed by atoms with Gasteiger partial charge >= 0.3 is 18.5 Å². The molecule has 1 aliphatic carbocycles. The van der Waals surface area contributed by atoms with Crippen molar-refractivity contribution < 1.29 is 43.9 Å². The smallest absolute Gasteiger partial charge is 0.211 e. The monoisotopic (exact) mass is 426 g/mol. The lowest BCUT2D eigenvalue weighted by Crippen LogP contribution is -2.53. The molecule has 1 unspecified atom stereocenters. The van der Waals surface area contributed by atoms with Crippen molar-refractivity contribution >= 4 is 0 Å². The molecular formula is C18H20F10. The van der Waals surface area contributed by atoms with E-state index in [2.05, 4.69) is 0 Å². The Bertz CT molecular complexity index is 696. The fraction of sp³-hybridized carbons (Fsp3) is 0.667. The molecule has 0 nitrogen and oxygen atoms in total. The maximum Gasteiger partial charge on any atom is 0.416 e. The first kappa shape index (κ1) is 24.6. The summed E-state index contributed by atoms with van der Waals surface area (Å²) in [5.41, 5.74) is -14.0. The van der Waals surface area contributed by atoms with Crippen LogP contribution in [0.25, 0.3) is 0 Å². The minimum Gasteiger partial charge on any atom is -0.211 e. The van der Waals surface area contributed by atoms with Crippen LogP contribution in [0, 0.1) is 16.2 Å². The summed E-state index contributed by atoms with van der Waals surface area (Å²) in [5, 5.41) is 0. The SMILES string of the molecule is CC(C)(C)/C(F)=C1\C=C(C(F)(F)F)C(C(C)(C)C)(C(F)(F)F)C=C1C(F)(F)F. The zero-order valence-corrected chi connectivity index (χ0v) is 15.9. The van der Waals surface area contributed by atoms with Crippen molar-refractivity contribution in [2.75, 3.05) is 0 Å². The molecule has 0 saturated carbocycles. The van der Waals surface area contributed by atoms with Gasteiger partial charge in [0.1, 0.15) is 11.2 Å². The van der Waals surface area contributed by atoms with Crippen LogP contribution in [0.5, 0.6) is 0 Å². The maximum atomic E-state index is 14.6. The van der Waals surface area contributed by atoms with Gasteiger partial charge < -0.3 is 0 Å². The molecule has 1 aliphatic rings. The van der Waals surface area contributed by atoms with E-state index in [-0.39, 0.29) is 6.08 Å². The van der Waals surface area contributed by atoms with Gasteiger partial charge in [-0.2, -0.15) is 39.5 Å². The van der Waals surface area contributed by atoms with Gasteiger partial charge in [0.05, 0.1) is 11.1 Å². The minimum absolute atomic E-state index is 0.345. The molecule has 0 bridgehead atoms. The van der Waals surface area contributed by atoms with Crippen LogP contribution >= 0.6 is 0 Å². The van der Waals surface area contributed by atoms with Crippen molar-refractivity contribution in [1.82, 2.24) is 0 Å². The van der Waals surface area contributed by atoms with Crippen LogP contribution in [0.15, 0.2) is 34.7 Å². The van der Waals surface area contributed by atoms with E-state index < -0.39 is 63.4 Å². The average molecular weight is 426 g/mol. The molecule has 1 atom stereocenters. The highest BCUT2D eigenvalue weighted by molar-refractivity contribution is 5.56. The number of rotatable bonds is 0. The second kappa shape index (κ2) is 6.52. The molecule has 0 aromatic heterocycles. The first-order valence-corrected chi connectivity index (χ1v) is 8.04. The highest BCUT2D eigenvalue weighted by atomic mass is 19.4. The summed E-state index contributed by atoms with van der Waals surface area (Å²) in [7, 11) is 0. The highest BCUT2D eigenvalue weighted by Gasteiger charge is 2.69. The fourth-order valence-corrected chi connectivity index (χ4v) is 3.11. The molecule has 10 heteroatoms. The van der Waals surface area contributed by atoms with Crippen LogP contribution in [0.1, 0.15) is 41.5 Å². The van der Waals surface area contributed by atoms with Crippen LogP contribution < -0.4 is 0 Å². The van der Waals surface area contributed by atoms with E-state index in [1.165, 1.54) is 0 Å². The zero-order chi connectivity index (χ0) is 22.7. The predicted molar refractivity (Wildman–Crippen MR) is 83.8 cm³/mol. The van der Waals surface area contributed by atoms with E-state index >= 15 is 0 Å². The van der Waals surface area contributed by atoms with E-state index in [1.54, 1.807) is 0 Å². The van der Waals surface area contributed by atoms with Gasteiger partial charge in [-0.15, -0.1) is 0 Å². The standard InChI is InChI=1S/C18H20F10/c1-13(2,3)12(19)9-7-11(17(23,24)25)15(14(4,5)6,18(26,27)28)8-10(9)16(20,21)22/h7-8H,1-6H3/b12-9-. The van der Waals surface area contributed by atoms with Crippen LogP contribution in [0.2, 0.25) is 0 Å². The Labute approximate surface area is 156 Å². The highest BCUT2D eigenvalue weighted by Crippen LogP contribution is 2.64. The topological polar surface area (TPSA) is 0 Å². The second-order valence-electron chi connectivity index (χ2n) is 8.64. The van der Waals surface area contributed by atoms with E-state index in [0.29, 0.717) is 0 Å². The van der Waals surface area contributed by atoms with E-state index in [9.17, 15) is 43.9 Å². The summed E-state index contributed by atoms with van der Waals surface area (Å²) in [6.07, 6.45) is -17.8. The average Bonchev–Trinajstić information content (AvgIpc) is 2.39. The predicted octanol–water partition coefficient (Wildman–Crippen LogP) is 7.84. The molecule has 0 aromatic rings. The molecule has 0 saturated heterocycles. The number of alkyl halides is 9. The summed E-state index contributed by atoms with van der Waals surface area (Å²) >= 11 is 0. The second-order valence-corrected chi connectivity index (χ2v) is 8.64. The van der Waals surface area contributed by atoms with Crippen LogP contribution in [0.4, 0.5) is 43.9 Å². The largest absolute Gasteiger partial charge is 0.416 e. The number of allylic oxidation sites excluding steroid dienone is 6. The quantitative estimate of drug-likeness (QED) is 0.346. The van der Waals surface area contributed by atoms with Crippen molar-refractivity contribution in [2.24, 2.45) is 16.2 Å². The molecule has 162 valence electrons. The summed E-state index contributed by atoms with van der Waals surface area (Å²) < 4.78 is 138. The third-order valence-electron chi connectivity index (χ3n) is 4.50. The van der Waals surface area contributed by atoms with Gasteiger partial charge in [0.25, 0.3) is 0 Å². The Morgan fingerprint density at radius 1 is 0.750 bits per heavy atom. The van der Waals surface area contributed by atoms with Gasteiger partial charge in [-0.3, -0.25) is 0 Å². The summed E-state index contributed by atoms with van der Waals surface area (Å²) in [6.45, 7) is 5.54. The van der Waals surface area contributed by atoms with Crippen LogP contribution in [-0.4, -0.2) is 18.5 Å². The molecule has 0 heterocycles. The number of hydrogen-bond acceptors (Lipinski definition) is 0. The Balaban J connectivity index is 4.25. The van der Waals surface area contributed by atoms with Crippen LogP contribution in [-0.2, 0) is 0 Å². The van der Waals surface area contributed by atoms with Gasteiger partial charge in [0.2, 0.25) is 0 Å². The summed E-state index contributed by atoms with van der Waals surface area (Å²) in [4.78, 5) is 0. The van der Waals surface area contributed by atoms with E-state index in [0.717, 1.165) is 41.5 Å². The van der Waals surface area contributed by atoms with Gasteiger partial charge in [-0.1, -0.05) is 47.6 Å². The minimum atomic E-state index is -5.73. The normalized spacial score (nSPS) is 24.7. The van der Waals surface area contributed by atoms with E-state index in [4.69, 9.17) is 0 Å². The van der Waals surface area contributed by atoms with Gasteiger partial charge in [0.15, 0.2) is 0 Å². The molecule has 0 radical (unpaired) electrons. The maximum absolute atomic E-state index is 14.6. The van der Waals surface area contributed by atoms with Gasteiger partial charge in [0, 0.05) is 11.0 Å². The summed E-state index contributed by atoms with van der Waals surface area (Å²) in [5.74, 6) is -1.59. The van der Waals surface area contributed by atoms with Crippen molar-refractivity contribution in [3.8, 4) is 0 Å². The Morgan fingerprint density at radius 2 is 1.18 bits per heavy atom. The molecule has 0 fully saturated rings. The molecule has 0 N–H and O–H groups in total.